The second kappa shape index (κ2) is 4.69. The highest BCUT2D eigenvalue weighted by Crippen LogP contribution is 2.19. The third kappa shape index (κ3) is 2.44. The average molecular weight is 234 g/mol. The third-order valence-corrected chi connectivity index (χ3v) is 2.33. The molecule has 0 saturated carbocycles. The summed E-state index contributed by atoms with van der Waals surface area (Å²) in [5, 5.41) is 11.9. The van der Waals surface area contributed by atoms with Crippen molar-refractivity contribution in [1.29, 1.82) is 0 Å². The minimum atomic E-state index is -0.739. The number of phenolic OH excluding ortho intramolecular Hbond substituents is 1. The first kappa shape index (κ1) is 11.2. The number of H-pyrrole nitrogens is 1. The Hall–Kier alpha value is -2.30. The van der Waals surface area contributed by atoms with E-state index in [1.807, 2.05) is 0 Å². The maximum absolute atomic E-state index is 13.3. The van der Waals surface area contributed by atoms with Crippen LogP contribution in [0.25, 0.3) is 0 Å². The van der Waals surface area contributed by atoms with E-state index in [4.69, 9.17) is 0 Å². The zero-order valence-corrected chi connectivity index (χ0v) is 8.90. The number of aromatic nitrogens is 1. The molecule has 0 aliphatic heterocycles. The number of carbonyl (C=O) groups excluding carboxylic acids is 1. The molecule has 0 aliphatic carbocycles. The van der Waals surface area contributed by atoms with Gasteiger partial charge < -0.3 is 15.4 Å². The van der Waals surface area contributed by atoms with E-state index >= 15 is 0 Å². The number of phenols is 1. The largest absolute Gasteiger partial charge is 0.507 e. The highest BCUT2D eigenvalue weighted by molar-refractivity contribution is 5.97. The topological polar surface area (TPSA) is 65.1 Å². The molecule has 0 spiro atoms. The Morgan fingerprint density at radius 1 is 1.41 bits per heavy atom. The second-order valence-corrected chi connectivity index (χ2v) is 3.54. The lowest BCUT2D eigenvalue weighted by atomic mass is 10.1. The zero-order valence-electron chi connectivity index (χ0n) is 8.90. The monoisotopic (exact) mass is 234 g/mol. The Kier molecular flexibility index (Phi) is 3.09. The van der Waals surface area contributed by atoms with Gasteiger partial charge >= 0.3 is 0 Å². The standard InChI is InChI=1S/C12H11FN2O2/c13-9-2-1-3-10(16)11(9)12(17)15-7-8-4-5-14-6-8/h1-6,14,16H,7H2,(H,15,17). The van der Waals surface area contributed by atoms with Gasteiger partial charge in [0.2, 0.25) is 0 Å². The Balaban J connectivity index is 2.10. The molecule has 1 amide bonds. The van der Waals surface area contributed by atoms with Crippen molar-refractivity contribution in [3.63, 3.8) is 0 Å². The van der Waals surface area contributed by atoms with Gasteiger partial charge in [0.1, 0.15) is 17.1 Å². The van der Waals surface area contributed by atoms with E-state index in [9.17, 15) is 14.3 Å². The molecule has 0 saturated heterocycles. The van der Waals surface area contributed by atoms with Gasteiger partial charge in [0, 0.05) is 18.9 Å². The Bertz CT molecular complexity index is 503. The van der Waals surface area contributed by atoms with Crippen LogP contribution in [0, 0.1) is 5.82 Å². The van der Waals surface area contributed by atoms with Crippen molar-refractivity contribution in [3.05, 3.63) is 53.6 Å². The van der Waals surface area contributed by atoms with Crippen LogP contribution in [0.2, 0.25) is 0 Å². The predicted molar refractivity (Wildman–Crippen MR) is 60.0 cm³/mol. The summed E-state index contributed by atoms with van der Waals surface area (Å²) in [4.78, 5) is 14.5. The van der Waals surface area contributed by atoms with Gasteiger partial charge in [-0.05, 0) is 23.8 Å². The number of nitrogens with one attached hydrogen (secondary N) is 2. The quantitative estimate of drug-likeness (QED) is 0.758. The van der Waals surface area contributed by atoms with Gasteiger partial charge in [-0.2, -0.15) is 0 Å². The van der Waals surface area contributed by atoms with E-state index in [1.54, 1.807) is 18.5 Å². The maximum atomic E-state index is 13.3. The van der Waals surface area contributed by atoms with Crippen molar-refractivity contribution in [2.45, 2.75) is 6.54 Å². The summed E-state index contributed by atoms with van der Waals surface area (Å²) >= 11 is 0. The van der Waals surface area contributed by atoms with Gasteiger partial charge in [-0.1, -0.05) is 6.07 Å². The van der Waals surface area contributed by atoms with Crippen LogP contribution in [0.15, 0.2) is 36.7 Å². The fourth-order valence-corrected chi connectivity index (χ4v) is 1.48. The molecule has 1 heterocycles. The molecule has 1 aromatic heterocycles. The molecule has 0 atom stereocenters. The van der Waals surface area contributed by atoms with Gasteiger partial charge in [0.05, 0.1) is 0 Å². The van der Waals surface area contributed by atoms with Gasteiger partial charge in [-0.3, -0.25) is 4.79 Å². The van der Waals surface area contributed by atoms with Crippen LogP contribution in [-0.4, -0.2) is 16.0 Å². The van der Waals surface area contributed by atoms with Crippen molar-refractivity contribution in [2.24, 2.45) is 0 Å². The lowest BCUT2D eigenvalue weighted by molar-refractivity contribution is 0.0944. The summed E-state index contributed by atoms with van der Waals surface area (Å²) in [5.41, 5.74) is 0.539. The molecule has 2 rings (SSSR count). The number of rotatable bonds is 3. The lowest BCUT2D eigenvalue weighted by Gasteiger charge is -2.06. The van der Waals surface area contributed by atoms with Crippen molar-refractivity contribution in [2.75, 3.05) is 0 Å². The molecular weight excluding hydrogens is 223 g/mol. The number of hydrogen-bond donors (Lipinski definition) is 3. The van der Waals surface area contributed by atoms with Crippen molar-refractivity contribution < 1.29 is 14.3 Å². The van der Waals surface area contributed by atoms with Crippen LogP contribution >= 0.6 is 0 Å². The van der Waals surface area contributed by atoms with Crippen LogP contribution in [-0.2, 0) is 6.54 Å². The van der Waals surface area contributed by atoms with Crippen molar-refractivity contribution >= 4 is 5.91 Å². The summed E-state index contributed by atoms with van der Waals surface area (Å²) < 4.78 is 13.3. The molecule has 0 bridgehead atoms. The third-order valence-electron chi connectivity index (χ3n) is 2.33. The normalized spacial score (nSPS) is 10.2. The summed E-state index contributed by atoms with van der Waals surface area (Å²) in [6.07, 6.45) is 3.45. The Morgan fingerprint density at radius 2 is 2.24 bits per heavy atom. The fraction of sp³-hybridized carbons (Fsp3) is 0.0833. The smallest absolute Gasteiger partial charge is 0.258 e. The second-order valence-electron chi connectivity index (χ2n) is 3.54. The van der Waals surface area contributed by atoms with Crippen LogP contribution in [0.4, 0.5) is 4.39 Å². The molecule has 0 aliphatic rings. The predicted octanol–water partition coefficient (Wildman–Crippen LogP) is 1.79. The highest BCUT2D eigenvalue weighted by atomic mass is 19.1. The number of benzene rings is 1. The number of hydrogen-bond acceptors (Lipinski definition) is 2. The first-order chi connectivity index (χ1) is 8.18. The van der Waals surface area contributed by atoms with E-state index in [0.717, 1.165) is 11.6 Å². The molecule has 17 heavy (non-hydrogen) atoms. The van der Waals surface area contributed by atoms with E-state index in [1.165, 1.54) is 12.1 Å². The van der Waals surface area contributed by atoms with Crippen molar-refractivity contribution in [3.8, 4) is 5.75 Å². The molecule has 1 aromatic carbocycles. The summed E-state index contributed by atoms with van der Waals surface area (Å²) in [7, 11) is 0. The van der Waals surface area contributed by atoms with Gasteiger partial charge in [-0.15, -0.1) is 0 Å². The van der Waals surface area contributed by atoms with E-state index in [-0.39, 0.29) is 17.9 Å². The zero-order chi connectivity index (χ0) is 12.3. The number of aromatic amines is 1. The first-order valence-corrected chi connectivity index (χ1v) is 5.06. The van der Waals surface area contributed by atoms with Gasteiger partial charge in [0.25, 0.3) is 5.91 Å². The number of halogens is 1. The molecule has 0 unspecified atom stereocenters. The molecule has 0 radical (unpaired) electrons. The van der Waals surface area contributed by atoms with Crippen LogP contribution in [0.1, 0.15) is 15.9 Å². The van der Waals surface area contributed by atoms with Crippen LogP contribution in [0.3, 0.4) is 0 Å². The molecule has 3 N–H and O–H groups in total. The van der Waals surface area contributed by atoms with Crippen LogP contribution < -0.4 is 5.32 Å². The molecule has 4 nitrogen and oxygen atoms in total. The Morgan fingerprint density at radius 3 is 2.88 bits per heavy atom. The minimum absolute atomic E-state index is 0.274. The Labute approximate surface area is 97.1 Å². The summed E-state index contributed by atoms with van der Waals surface area (Å²) in [6, 6.07) is 5.54. The van der Waals surface area contributed by atoms with Crippen LogP contribution in [0.5, 0.6) is 5.75 Å². The molecule has 2 aromatic rings. The van der Waals surface area contributed by atoms with Gasteiger partial charge in [-0.25, -0.2) is 4.39 Å². The molecular formula is C12H11FN2O2. The minimum Gasteiger partial charge on any atom is -0.507 e. The van der Waals surface area contributed by atoms with E-state index in [2.05, 4.69) is 10.3 Å². The fourth-order valence-electron chi connectivity index (χ4n) is 1.48. The average Bonchev–Trinajstić information content (AvgIpc) is 2.79. The number of carbonyl (C=O) groups is 1. The molecule has 88 valence electrons. The van der Waals surface area contributed by atoms with Crippen molar-refractivity contribution in [1.82, 2.24) is 10.3 Å². The SMILES string of the molecule is O=C(NCc1cc[nH]c1)c1c(O)cccc1F. The maximum Gasteiger partial charge on any atom is 0.258 e. The number of amides is 1. The number of aromatic hydroxyl groups is 1. The van der Waals surface area contributed by atoms with Gasteiger partial charge in [0.15, 0.2) is 0 Å². The van der Waals surface area contributed by atoms with E-state index < -0.39 is 11.7 Å². The lowest BCUT2D eigenvalue weighted by Crippen LogP contribution is -2.23. The van der Waals surface area contributed by atoms with E-state index in [0.29, 0.717) is 0 Å². The summed E-state index contributed by atoms with van der Waals surface area (Å²) in [5.74, 6) is -1.74. The molecule has 5 heteroatoms. The highest BCUT2D eigenvalue weighted by Gasteiger charge is 2.15. The summed E-state index contributed by atoms with van der Waals surface area (Å²) in [6.45, 7) is 0.274. The molecule has 0 fully saturated rings. The first-order valence-electron chi connectivity index (χ1n) is 5.06.